The maximum atomic E-state index is 13.8. The third-order valence-electron chi connectivity index (χ3n) is 3.22. The Morgan fingerprint density at radius 3 is 2.64 bits per heavy atom. The Labute approximate surface area is 125 Å². The minimum Gasteiger partial charge on any atom is -0.239 e. The molecule has 6 heteroatoms. The molecule has 0 spiro atoms. The van der Waals surface area contributed by atoms with Gasteiger partial charge in [0.1, 0.15) is 23.4 Å². The molecule has 3 rings (SSSR count). The van der Waals surface area contributed by atoms with Gasteiger partial charge in [-0.05, 0) is 18.2 Å². The van der Waals surface area contributed by atoms with E-state index >= 15 is 0 Å². The highest BCUT2D eigenvalue weighted by Gasteiger charge is 2.16. The van der Waals surface area contributed by atoms with Crippen molar-refractivity contribution in [2.24, 2.45) is 0 Å². The average Bonchev–Trinajstić information content (AvgIpc) is 2.92. The molecule has 0 atom stereocenters. The van der Waals surface area contributed by atoms with Crippen LogP contribution < -0.4 is 0 Å². The van der Waals surface area contributed by atoms with Crippen molar-refractivity contribution >= 4 is 0 Å². The molecule has 3 aromatic rings. The van der Waals surface area contributed by atoms with Crippen molar-refractivity contribution in [2.75, 3.05) is 0 Å². The lowest BCUT2D eigenvalue weighted by Gasteiger charge is -2.08. The molecular weight excluding hydrogens is 286 g/mol. The smallest absolute Gasteiger partial charge is 0.190 e. The molecule has 4 nitrogen and oxygen atoms in total. The van der Waals surface area contributed by atoms with Crippen molar-refractivity contribution in [3.05, 3.63) is 71.4 Å². The maximum absolute atomic E-state index is 13.8. The Morgan fingerprint density at radius 2 is 1.91 bits per heavy atom. The van der Waals surface area contributed by atoms with Crippen LogP contribution in [0.15, 0.2) is 48.5 Å². The van der Waals surface area contributed by atoms with Gasteiger partial charge in [0.15, 0.2) is 5.69 Å². The highest BCUT2D eigenvalue weighted by Crippen LogP contribution is 2.23. The molecule has 1 aromatic heterocycles. The van der Waals surface area contributed by atoms with E-state index in [4.69, 9.17) is 5.26 Å². The van der Waals surface area contributed by atoms with Gasteiger partial charge in [-0.15, -0.1) is 5.10 Å². The highest BCUT2D eigenvalue weighted by atomic mass is 19.1. The lowest BCUT2D eigenvalue weighted by atomic mass is 10.1. The number of hydrogen-bond acceptors (Lipinski definition) is 3. The summed E-state index contributed by atoms with van der Waals surface area (Å²) >= 11 is 0. The summed E-state index contributed by atoms with van der Waals surface area (Å²) in [6, 6.07) is 14.0. The van der Waals surface area contributed by atoms with Crippen LogP contribution in [0.25, 0.3) is 11.3 Å². The standard InChI is InChI=1S/C16H10F2N4/c17-13-6-3-5-11(8-13)16-15(9-19)20-21-22(16)10-12-4-1-2-7-14(12)18/h1-8H,10H2. The summed E-state index contributed by atoms with van der Waals surface area (Å²) in [6.45, 7) is 0.104. The van der Waals surface area contributed by atoms with E-state index < -0.39 is 5.82 Å². The minimum absolute atomic E-state index is 0.0712. The van der Waals surface area contributed by atoms with Gasteiger partial charge < -0.3 is 0 Å². The number of rotatable bonds is 3. The fraction of sp³-hybridized carbons (Fsp3) is 0.0625. The molecule has 0 unspecified atom stereocenters. The molecule has 2 aromatic carbocycles. The second kappa shape index (κ2) is 5.74. The fourth-order valence-corrected chi connectivity index (χ4v) is 2.21. The maximum Gasteiger partial charge on any atom is 0.190 e. The summed E-state index contributed by atoms with van der Waals surface area (Å²) in [5.41, 5.74) is 1.32. The van der Waals surface area contributed by atoms with Crippen molar-refractivity contribution in [3.8, 4) is 17.3 Å². The van der Waals surface area contributed by atoms with E-state index in [1.54, 1.807) is 24.3 Å². The summed E-state index contributed by atoms with van der Waals surface area (Å²) < 4.78 is 28.6. The van der Waals surface area contributed by atoms with E-state index in [1.807, 2.05) is 6.07 Å². The first kappa shape index (κ1) is 13.9. The van der Waals surface area contributed by atoms with Crippen LogP contribution in [0, 0.1) is 23.0 Å². The summed E-state index contributed by atoms with van der Waals surface area (Å²) in [7, 11) is 0. The third kappa shape index (κ3) is 2.56. The lowest BCUT2D eigenvalue weighted by Crippen LogP contribution is -2.06. The summed E-state index contributed by atoms with van der Waals surface area (Å²) in [6.07, 6.45) is 0. The third-order valence-corrected chi connectivity index (χ3v) is 3.22. The number of nitrogens with zero attached hydrogens (tertiary/aromatic N) is 4. The summed E-state index contributed by atoms with van der Waals surface area (Å²) in [4.78, 5) is 0. The molecule has 0 amide bonds. The van der Waals surface area contributed by atoms with Gasteiger partial charge in [-0.25, -0.2) is 13.5 Å². The van der Waals surface area contributed by atoms with Crippen LogP contribution in [0.2, 0.25) is 0 Å². The number of nitriles is 1. The van der Waals surface area contributed by atoms with E-state index in [9.17, 15) is 8.78 Å². The van der Waals surface area contributed by atoms with Crippen LogP contribution in [-0.2, 0) is 6.54 Å². The molecule has 0 aliphatic heterocycles. The monoisotopic (exact) mass is 296 g/mol. The number of hydrogen-bond donors (Lipinski definition) is 0. The zero-order chi connectivity index (χ0) is 15.5. The minimum atomic E-state index is -0.431. The van der Waals surface area contributed by atoms with E-state index in [-0.39, 0.29) is 18.1 Å². The van der Waals surface area contributed by atoms with E-state index in [2.05, 4.69) is 10.3 Å². The molecule has 0 N–H and O–H groups in total. The lowest BCUT2D eigenvalue weighted by molar-refractivity contribution is 0.579. The molecule has 22 heavy (non-hydrogen) atoms. The number of halogens is 2. The van der Waals surface area contributed by atoms with Crippen LogP contribution in [0.3, 0.4) is 0 Å². The van der Waals surface area contributed by atoms with E-state index in [0.29, 0.717) is 16.8 Å². The van der Waals surface area contributed by atoms with Crippen LogP contribution in [-0.4, -0.2) is 15.0 Å². The zero-order valence-corrected chi connectivity index (χ0v) is 11.4. The summed E-state index contributed by atoms with van der Waals surface area (Å²) in [5, 5.41) is 16.8. The van der Waals surface area contributed by atoms with E-state index in [1.165, 1.54) is 28.9 Å². The topological polar surface area (TPSA) is 54.5 Å². The zero-order valence-electron chi connectivity index (χ0n) is 11.4. The largest absolute Gasteiger partial charge is 0.239 e. The quantitative estimate of drug-likeness (QED) is 0.746. The van der Waals surface area contributed by atoms with Crippen LogP contribution >= 0.6 is 0 Å². The Hall–Kier alpha value is -3.07. The van der Waals surface area contributed by atoms with Gasteiger partial charge in [-0.3, -0.25) is 0 Å². The van der Waals surface area contributed by atoms with E-state index in [0.717, 1.165) is 0 Å². The second-order valence-electron chi connectivity index (χ2n) is 4.66. The van der Waals surface area contributed by atoms with Gasteiger partial charge in [0.25, 0.3) is 0 Å². The van der Waals surface area contributed by atoms with Gasteiger partial charge in [-0.1, -0.05) is 35.5 Å². The molecule has 0 saturated heterocycles. The van der Waals surface area contributed by atoms with Gasteiger partial charge in [-0.2, -0.15) is 5.26 Å². The van der Waals surface area contributed by atoms with Crippen molar-refractivity contribution in [1.29, 1.82) is 5.26 Å². The molecule has 0 bridgehead atoms. The predicted octanol–water partition coefficient (Wildman–Crippen LogP) is 3.14. The van der Waals surface area contributed by atoms with Crippen LogP contribution in [0.1, 0.15) is 11.3 Å². The average molecular weight is 296 g/mol. The van der Waals surface area contributed by atoms with Gasteiger partial charge in [0, 0.05) is 11.1 Å². The molecule has 0 aliphatic rings. The normalized spacial score (nSPS) is 10.4. The Balaban J connectivity index is 2.09. The Kier molecular flexibility index (Phi) is 3.62. The van der Waals surface area contributed by atoms with Crippen molar-refractivity contribution in [1.82, 2.24) is 15.0 Å². The molecular formula is C16H10F2N4. The first-order valence-corrected chi connectivity index (χ1v) is 6.52. The molecule has 0 radical (unpaired) electrons. The van der Waals surface area contributed by atoms with Gasteiger partial charge >= 0.3 is 0 Å². The molecule has 0 aliphatic carbocycles. The second-order valence-corrected chi connectivity index (χ2v) is 4.66. The SMILES string of the molecule is N#Cc1nnn(Cc2ccccc2F)c1-c1cccc(F)c1. The Bertz CT molecular complexity index is 865. The summed E-state index contributed by atoms with van der Waals surface area (Å²) in [5.74, 6) is -0.804. The predicted molar refractivity (Wildman–Crippen MR) is 75.6 cm³/mol. The van der Waals surface area contributed by atoms with Gasteiger partial charge in [0.05, 0.1) is 6.54 Å². The molecule has 1 heterocycles. The van der Waals surface area contributed by atoms with Crippen LogP contribution in [0.4, 0.5) is 8.78 Å². The van der Waals surface area contributed by atoms with Crippen molar-refractivity contribution in [3.63, 3.8) is 0 Å². The van der Waals surface area contributed by atoms with Crippen molar-refractivity contribution in [2.45, 2.75) is 6.54 Å². The van der Waals surface area contributed by atoms with Crippen LogP contribution in [0.5, 0.6) is 0 Å². The molecule has 108 valence electrons. The van der Waals surface area contributed by atoms with Gasteiger partial charge in [0.2, 0.25) is 0 Å². The fourth-order valence-electron chi connectivity index (χ4n) is 2.21. The molecule has 0 fully saturated rings. The first-order valence-electron chi connectivity index (χ1n) is 6.52. The molecule has 0 saturated carbocycles. The highest BCUT2D eigenvalue weighted by molar-refractivity contribution is 5.64. The van der Waals surface area contributed by atoms with Crippen molar-refractivity contribution < 1.29 is 8.78 Å². The number of benzene rings is 2. The Morgan fingerprint density at radius 1 is 1.09 bits per heavy atom. The number of aromatic nitrogens is 3. The first-order chi connectivity index (χ1) is 10.7.